The van der Waals surface area contributed by atoms with Gasteiger partial charge in [0.15, 0.2) is 0 Å². The van der Waals surface area contributed by atoms with E-state index in [0.717, 1.165) is 19.4 Å². The number of benzene rings is 1. The highest BCUT2D eigenvalue weighted by Crippen LogP contribution is 2.16. The van der Waals surface area contributed by atoms with Gasteiger partial charge in [-0.15, -0.1) is 0 Å². The molecular formula is C16H22ClNO4. The first-order valence-electron chi connectivity index (χ1n) is 7.50. The van der Waals surface area contributed by atoms with Crippen molar-refractivity contribution in [3.63, 3.8) is 0 Å². The second kappa shape index (κ2) is 8.48. The molecule has 3 atom stereocenters. The summed E-state index contributed by atoms with van der Waals surface area (Å²) in [5.41, 5.74) is 0.706. The number of aliphatic hydroxyl groups excluding tert-OH is 1. The minimum Gasteiger partial charge on any atom is -0.387 e. The van der Waals surface area contributed by atoms with Crippen molar-refractivity contribution in [2.24, 2.45) is 0 Å². The van der Waals surface area contributed by atoms with Crippen LogP contribution in [-0.2, 0) is 14.3 Å². The van der Waals surface area contributed by atoms with Crippen LogP contribution in [0.15, 0.2) is 24.3 Å². The van der Waals surface area contributed by atoms with Crippen LogP contribution < -0.4 is 5.32 Å². The Bertz CT molecular complexity index is 474. The van der Waals surface area contributed by atoms with Gasteiger partial charge in [-0.3, -0.25) is 4.79 Å². The van der Waals surface area contributed by atoms with Crippen molar-refractivity contribution in [1.29, 1.82) is 0 Å². The van der Waals surface area contributed by atoms with Gasteiger partial charge in [0, 0.05) is 18.2 Å². The number of hydrogen-bond acceptors (Lipinski definition) is 4. The predicted molar refractivity (Wildman–Crippen MR) is 83.8 cm³/mol. The second-order valence-corrected chi connectivity index (χ2v) is 5.86. The van der Waals surface area contributed by atoms with Crippen molar-refractivity contribution in [2.45, 2.75) is 38.1 Å². The van der Waals surface area contributed by atoms with Crippen LogP contribution in [0.2, 0.25) is 5.02 Å². The maximum absolute atomic E-state index is 11.9. The maximum Gasteiger partial charge on any atom is 0.248 e. The Morgan fingerprint density at radius 1 is 1.50 bits per heavy atom. The number of aliphatic hydroxyl groups is 1. The fourth-order valence-electron chi connectivity index (χ4n) is 2.25. The zero-order valence-corrected chi connectivity index (χ0v) is 13.4. The molecule has 2 N–H and O–H groups in total. The average molecular weight is 328 g/mol. The molecule has 1 saturated heterocycles. The van der Waals surface area contributed by atoms with Crippen LogP contribution in [-0.4, -0.2) is 43.0 Å². The molecule has 1 fully saturated rings. The van der Waals surface area contributed by atoms with E-state index in [9.17, 15) is 9.90 Å². The molecule has 5 nitrogen and oxygen atoms in total. The van der Waals surface area contributed by atoms with Crippen molar-refractivity contribution in [1.82, 2.24) is 5.32 Å². The number of carbonyl (C=O) groups is 1. The van der Waals surface area contributed by atoms with E-state index in [2.05, 4.69) is 5.32 Å². The third kappa shape index (κ3) is 5.25. The number of rotatable bonds is 7. The van der Waals surface area contributed by atoms with Crippen LogP contribution >= 0.6 is 11.6 Å². The predicted octanol–water partition coefficient (Wildman–Crippen LogP) is 2.07. The second-order valence-electron chi connectivity index (χ2n) is 5.42. The average Bonchev–Trinajstić information content (AvgIpc) is 3.04. The summed E-state index contributed by atoms with van der Waals surface area (Å²) in [5.74, 6) is -0.244. The van der Waals surface area contributed by atoms with Crippen molar-refractivity contribution in [3.8, 4) is 0 Å². The summed E-state index contributed by atoms with van der Waals surface area (Å²) in [6, 6.07) is 6.87. The summed E-state index contributed by atoms with van der Waals surface area (Å²) in [7, 11) is 0. The topological polar surface area (TPSA) is 67.8 Å². The molecule has 22 heavy (non-hydrogen) atoms. The Morgan fingerprint density at radius 3 is 2.86 bits per heavy atom. The molecule has 1 aromatic rings. The summed E-state index contributed by atoms with van der Waals surface area (Å²) in [6.07, 6.45) is 0.772. The number of halogens is 1. The molecule has 1 aliphatic heterocycles. The van der Waals surface area contributed by atoms with Gasteiger partial charge in [-0.1, -0.05) is 23.7 Å². The Kier molecular flexibility index (Phi) is 6.64. The quantitative estimate of drug-likeness (QED) is 0.804. The van der Waals surface area contributed by atoms with Gasteiger partial charge in [0.2, 0.25) is 5.91 Å². The summed E-state index contributed by atoms with van der Waals surface area (Å²) in [6.45, 7) is 3.02. The van der Waals surface area contributed by atoms with E-state index in [0.29, 0.717) is 17.2 Å². The molecule has 0 spiro atoms. The van der Waals surface area contributed by atoms with Gasteiger partial charge in [-0.2, -0.15) is 0 Å². The summed E-state index contributed by atoms with van der Waals surface area (Å²) >= 11 is 5.80. The van der Waals surface area contributed by atoms with E-state index in [4.69, 9.17) is 21.1 Å². The standard InChI is InChI=1S/C16H22ClNO4/c1-11(22-10-14-3-2-8-21-14)16(20)18-9-15(19)12-4-6-13(17)7-5-12/h4-7,11,14-15,19H,2-3,8-10H2,1H3,(H,18,20)/t11-,14+,15+/m0/s1. The van der Waals surface area contributed by atoms with Crippen LogP contribution in [0.3, 0.4) is 0 Å². The first-order chi connectivity index (χ1) is 10.6. The van der Waals surface area contributed by atoms with E-state index in [-0.39, 0.29) is 18.6 Å². The smallest absolute Gasteiger partial charge is 0.248 e. The summed E-state index contributed by atoms with van der Waals surface area (Å²) in [5, 5.41) is 13.3. The molecular weight excluding hydrogens is 306 g/mol. The van der Waals surface area contributed by atoms with Gasteiger partial charge >= 0.3 is 0 Å². The first-order valence-corrected chi connectivity index (χ1v) is 7.88. The van der Waals surface area contributed by atoms with Crippen LogP contribution in [0.4, 0.5) is 0 Å². The lowest BCUT2D eigenvalue weighted by Gasteiger charge is -2.17. The molecule has 1 aliphatic rings. The molecule has 0 unspecified atom stereocenters. The molecule has 0 bridgehead atoms. The Hall–Kier alpha value is -1.14. The van der Waals surface area contributed by atoms with Gasteiger partial charge in [0.25, 0.3) is 0 Å². The zero-order chi connectivity index (χ0) is 15.9. The SMILES string of the molecule is C[C@H](OC[C@H]1CCCO1)C(=O)NC[C@@H](O)c1ccc(Cl)cc1. The Labute approximate surface area is 135 Å². The van der Waals surface area contributed by atoms with Crippen molar-refractivity contribution in [2.75, 3.05) is 19.8 Å². The lowest BCUT2D eigenvalue weighted by atomic mass is 10.1. The highest BCUT2D eigenvalue weighted by molar-refractivity contribution is 6.30. The molecule has 1 heterocycles. The molecule has 6 heteroatoms. The lowest BCUT2D eigenvalue weighted by molar-refractivity contribution is -0.134. The van der Waals surface area contributed by atoms with Crippen molar-refractivity contribution in [3.05, 3.63) is 34.9 Å². The van der Waals surface area contributed by atoms with Crippen LogP contribution in [0.25, 0.3) is 0 Å². The fourth-order valence-corrected chi connectivity index (χ4v) is 2.37. The molecule has 1 amide bonds. The molecule has 122 valence electrons. The van der Waals surface area contributed by atoms with E-state index in [1.165, 1.54) is 0 Å². The third-order valence-corrected chi connectivity index (χ3v) is 3.90. The first kappa shape index (κ1) is 17.2. The molecule has 1 aromatic carbocycles. The van der Waals surface area contributed by atoms with Crippen molar-refractivity contribution >= 4 is 17.5 Å². The monoisotopic (exact) mass is 327 g/mol. The molecule has 2 rings (SSSR count). The largest absolute Gasteiger partial charge is 0.387 e. The molecule has 0 saturated carbocycles. The van der Waals surface area contributed by atoms with Gasteiger partial charge < -0.3 is 19.9 Å². The van der Waals surface area contributed by atoms with Gasteiger partial charge in [-0.25, -0.2) is 0 Å². The maximum atomic E-state index is 11.9. The van der Waals surface area contributed by atoms with E-state index >= 15 is 0 Å². The number of ether oxygens (including phenoxy) is 2. The zero-order valence-electron chi connectivity index (χ0n) is 12.6. The number of nitrogens with one attached hydrogen (secondary N) is 1. The molecule has 0 aromatic heterocycles. The number of hydrogen-bond donors (Lipinski definition) is 2. The highest BCUT2D eigenvalue weighted by atomic mass is 35.5. The van der Waals surface area contributed by atoms with Crippen LogP contribution in [0.1, 0.15) is 31.4 Å². The normalized spacial score (nSPS) is 20.6. The minimum absolute atomic E-state index is 0.0925. The van der Waals surface area contributed by atoms with E-state index in [1.54, 1.807) is 31.2 Å². The molecule has 0 aliphatic carbocycles. The van der Waals surface area contributed by atoms with Crippen LogP contribution in [0, 0.1) is 0 Å². The Morgan fingerprint density at radius 2 is 2.23 bits per heavy atom. The van der Waals surface area contributed by atoms with Gasteiger partial charge in [0.05, 0.1) is 18.8 Å². The number of amides is 1. The summed E-state index contributed by atoms with van der Waals surface area (Å²) < 4.78 is 10.9. The van der Waals surface area contributed by atoms with E-state index < -0.39 is 12.2 Å². The van der Waals surface area contributed by atoms with Gasteiger partial charge in [-0.05, 0) is 37.5 Å². The summed E-state index contributed by atoms with van der Waals surface area (Å²) in [4.78, 5) is 11.9. The third-order valence-electron chi connectivity index (χ3n) is 3.65. The lowest BCUT2D eigenvalue weighted by Crippen LogP contribution is -2.38. The van der Waals surface area contributed by atoms with E-state index in [1.807, 2.05) is 0 Å². The highest BCUT2D eigenvalue weighted by Gasteiger charge is 2.20. The van der Waals surface area contributed by atoms with Gasteiger partial charge in [0.1, 0.15) is 6.10 Å². The fraction of sp³-hybridized carbons (Fsp3) is 0.562. The van der Waals surface area contributed by atoms with Crippen molar-refractivity contribution < 1.29 is 19.4 Å². The number of carbonyl (C=O) groups excluding carboxylic acids is 1. The Balaban J connectivity index is 1.70. The van der Waals surface area contributed by atoms with Crippen LogP contribution in [0.5, 0.6) is 0 Å². The minimum atomic E-state index is -0.772. The molecule has 0 radical (unpaired) electrons.